The van der Waals surface area contributed by atoms with Crippen molar-refractivity contribution in [3.05, 3.63) is 60.0 Å². The van der Waals surface area contributed by atoms with Gasteiger partial charge in [0.2, 0.25) is 0 Å². The number of rotatable bonds is 4. The zero-order valence-electron chi connectivity index (χ0n) is 11.9. The highest BCUT2D eigenvalue weighted by Crippen LogP contribution is 2.20. The first-order chi connectivity index (χ1) is 10.3. The van der Waals surface area contributed by atoms with Gasteiger partial charge in [-0.25, -0.2) is 9.37 Å². The van der Waals surface area contributed by atoms with Crippen molar-refractivity contribution >= 4 is 5.82 Å². The van der Waals surface area contributed by atoms with Crippen molar-refractivity contribution in [1.29, 1.82) is 0 Å². The maximum Gasteiger partial charge on any atom is 0.128 e. The van der Waals surface area contributed by atoms with Crippen LogP contribution in [0.4, 0.5) is 10.2 Å². The molecule has 0 bridgehead atoms. The highest BCUT2D eigenvalue weighted by molar-refractivity contribution is 5.38. The predicted octanol–water partition coefficient (Wildman–Crippen LogP) is 3.41. The lowest BCUT2D eigenvalue weighted by atomic mass is 10.1. The van der Waals surface area contributed by atoms with Gasteiger partial charge in [0.1, 0.15) is 11.6 Å². The quantitative estimate of drug-likeness (QED) is 0.861. The second kappa shape index (κ2) is 6.68. The van der Waals surface area contributed by atoms with Gasteiger partial charge in [0.25, 0.3) is 0 Å². The number of piperidine rings is 1. The van der Waals surface area contributed by atoms with Gasteiger partial charge in [0, 0.05) is 19.3 Å². The van der Waals surface area contributed by atoms with Crippen molar-refractivity contribution in [3.8, 4) is 0 Å². The maximum atomic E-state index is 12.8. The highest BCUT2D eigenvalue weighted by atomic mass is 19.1. The first-order valence-corrected chi connectivity index (χ1v) is 7.33. The Morgan fingerprint density at radius 3 is 2.52 bits per heavy atom. The molecule has 2 aromatic rings. The first kappa shape index (κ1) is 14.0. The molecular formula is C17H19FN2O. The molecule has 0 amide bonds. The van der Waals surface area contributed by atoms with E-state index in [0.29, 0.717) is 6.61 Å². The van der Waals surface area contributed by atoms with Crippen LogP contribution in [-0.4, -0.2) is 24.2 Å². The molecule has 1 saturated heterocycles. The van der Waals surface area contributed by atoms with E-state index in [1.807, 2.05) is 24.4 Å². The summed E-state index contributed by atoms with van der Waals surface area (Å²) < 4.78 is 18.8. The Labute approximate surface area is 124 Å². The molecule has 0 radical (unpaired) electrons. The van der Waals surface area contributed by atoms with Gasteiger partial charge in [-0.1, -0.05) is 18.2 Å². The van der Waals surface area contributed by atoms with Crippen LogP contribution in [-0.2, 0) is 11.3 Å². The van der Waals surface area contributed by atoms with E-state index in [-0.39, 0.29) is 11.9 Å². The summed E-state index contributed by atoms with van der Waals surface area (Å²) in [5.41, 5.74) is 1.02. The van der Waals surface area contributed by atoms with Gasteiger partial charge in [-0.05, 0) is 42.7 Å². The average Bonchev–Trinajstić information content (AvgIpc) is 2.56. The number of pyridine rings is 1. The summed E-state index contributed by atoms with van der Waals surface area (Å²) >= 11 is 0. The number of anilines is 1. The van der Waals surface area contributed by atoms with Crippen molar-refractivity contribution in [2.75, 3.05) is 18.0 Å². The number of benzene rings is 1. The molecule has 1 aromatic heterocycles. The monoisotopic (exact) mass is 286 g/mol. The summed E-state index contributed by atoms with van der Waals surface area (Å²) in [6, 6.07) is 12.5. The highest BCUT2D eigenvalue weighted by Gasteiger charge is 2.20. The molecule has 1 aliphatic rings. The zero-order valence-corrected chi connectivity index (χ0v) is 11.9. The summed E-state index contributed by atoms with van der Waals surface area (Å²) in [6.07, 6.45) is 4.09. The van der Waals surface area contributed by atoms with Crippen molar-refractivity contribution in [2.45, 2.75) is 25.6 Å². The Morgan fingerprint density at radius 1 is 1.10 bits per heavy atom. The molecule has 1 aromatic carbocycles. The smallest absolute Gasteiger partial charge is 0.128 e. The Hall–Kier alpha value is -1.94. The van der Waals surface area contributed by atoms with Gasteiger partial charge in [-0.2, -0.15) is 0 Å². The summed E-state index contributed by atoms with van der Waals surface area (Å²) in [4.78, 5) is 6.67. The van der Waals surface area contributed by atoms with E-state index in [1.54, 1.807) is 12.1 Å². The molecule has 0 atom stereocenters. The van der Waals surface area contributed by atoms with Crippen LogP contribution in [0.15, 0.2) is 48.7 Å². The standard InChI is InChI=1S/C17H19FN2O/c18-15-6-4-14(5-7-15)13-21-16-8-11-20(12-9-16)17-3-1-2-10-19-17/h1-7,10,16H,8-9,11-13H2. The summed E-state index contributed by atoms with van der Waals surface area (Å²) in [5.74, 6) is 0.830. The van der Waals surface area contributed by atoms with Crippen LogP contribution >= 0.6 is 0 Å². The molecule has 0 aliphatic carbocycles. The van der Waals surface area contributed by atoms with Crippen molar-refractivity contribution in [1.82, 2.24) is 4.98 Å². The number of halogens is 1. The Bertz CT molecular complexity index is 551. The first-order valence-electron chi connectivity index (χ1n) is 7.33. The van der Waals surface area contributed by atoms with E-state index in [0.717, 1.165) is 37.3 Å². The van der Waals surface area contributed by atoms with Gasteiger partial charge in [0.05, 0.1) is 12.7 Å². The van der Waals surface area contributed by atoms with Crippen LogP contribution in [0.3, 0.4) is 0 Å². The Kier molecular flexibility index (Phi) is 4.46. The molecule has 0 unspecified atom stereocenters. The largest absolute Gasteiger partial charge is 0.373 e. The molecule has 1 aliphatic heterocycles. The fourth-order valence-electron chi connectivity index (χ4n) is 2.59. The van der Waals surface area contributed by atoms with Gasteiger partial charge in [-0.3, -0.25) is 0 Å². The normalized spacial score (nSPS) is 16.1. The lowest BCUT2D eigenvalue weighted by Gasteiger charge is -2.32. The third-order valence-electron chi connectivity index (χ3n) is 3.81. The van der Waals surface area contributed by atoms with E-state index < -0.39 is 0 Å². The van der Waals surface area contributed by atoms with Gasteiger partial charge >= 0.3 is 0 Å². The minimum atomic E-state index is -0.206. The zero-order chi connectivity index (χ0) is 14.5. The molecule has 0 N–H and O–H groups in total. The minimum Gasteiger partial charge on any atom is -0.373 e. The van der Waals surface area contributed by atoms with E-state index in [2.05, 4.69) is 9.88 Å². The van der Waals surface area contributed by atoms with Crippen molar-refractivity contribution < 1.29 is 9.13 Å². The molecule has 21 heavy (non-hydrogen) atoms. The molecule has 3 rings (SSSR count). The molecule has 4 heteroatoms. The SMILES string of the molecule is Fc1ccc(COC2CCN(c3ccccn3)CC2)cc1. The third kappa shape index (κ3) is 3.79. The lowest BCUT2D eigenvalue weighted by molar-refractivity contribution is 0.0250. The second-order valence-electron chi connectivity index (χ2n) is 5.31. The molecule has 0 spiro atoms. The number of aromatic nitrogens is 1. The topological polar surface area (TPSA) is 25.4 Å². The van der Waals surface area contributed by atoms with Crippen molar-refractivity contribution in [3.63, 3.8) is 0 Å². The molecule has 0 saturated carbocycles. The average molecular weight is 286 g/mol. The van der Waals surface area contributed by atoms with Gasteiger partial charge < -0.3 is 9.64 Å². The fourth-order valence-corrected chi connectivity index (χ4v) is 2.59. The molecule has 1 fully saturated rings. The van der Waals surface area contributed by atoms with Gasteiger partial charge in [-0.15, -0.1) is 0 Å². The van der Waals surface area contributed by atoms with E-state index in [4.69, 9.17) is 4.74 Å². The van der Waals surface area contributed by atoms with Crippen LogP contribution < -0.4 is 4.90 Å². The maximum absolute atomic E-state index is 12.8. The Balaban J connectivity index is 1.47. The van der Waals surface area contributed by atoms with Crippen LogP contribution in [0.1, 0.15) is 18.4 Å². The van der Waals surface area contributed by atoms with E-state index >= 15 is 0 Å². The number of hydrogen-bond donors (Lipinski definition) is 0. The van der Waals surface area contributed by atoms with Gasteiger partial charge in [0.15, 0.2) is 0 Å². The third-order valence-corrected chi connectivity index (χ3v) is 3.81. The molecule has 2 heterocycles. The summed E-state index contributed by atoms with van der Waals surface area (Å²) in [5, 5.41) is 0. The molecule has 110 valence electrons. The number of ether oxygens (including phenoxy) is 1. The Morgan fingerprint density at radius 2 is 1.86 bits per heavy atom. The molecular weight excluding hydrogens is 267 g/mol. The molecule has 3 nitrogen and oxygen atoms in total. The number of hydrogen-bond acceptors (Lipinski definition) is 3. The predicted molar refractivity (Wildman–Crippen MR) is 80.7 cm³/mol. The lowest BCUT2D eigenvalue weighted by Crippen LogP contribution is -2.37. The minimum absolute atomic E-state index is 0.206. The second-order valence-corrected chi connectivity index (χ2v) is 5.31. The van der Waals surface area contributed by atoms with Crippen LogP contribution in [0.5, 0.6) is 0 Å². The van der Waals surface area contributed by atoms with Crippen LogP contribution in [0.25, 0.3) is 0 Å². The van der Waals surface area contributed by atoms with E-state index in [1.165, 1.54) is 12.1 Å². The summed E-state index contributed by atoms with van der Waals surface area (Å²) in [7, 11) is 0. The fraction of sp³-hybridized carbons (Fsp3) is 0.353. The van der Waals surface area contributed by atoms with Crippen molar-refractivity contribution in [2.24, 2.45) is 0 Å². The van der Waals surface area contributed by atoms with E-state index in [9.17, 15) is 4.39 Å². The van der Waals surface area contributed by atoms with Crippen LogP contribution in [0, 0.1) is 5.82 Å². The number of nitrogens with zero attached hydrogens (tertiary/aromatic N) is 2. The van der Waals surface area contributed by atoms with Crippen LogP contribution in [0.2, 0.25) is 0 Å². The summed E-state index contributed by atoms with van der Waals surface area (Å²) in [6.45, 7) is 2.48.